The van der Waals surface area contributed by atoms with Crippen LogP contribution >= 0.6 is 34.7 Å². The number of nitro groups is 1. The van der Waals surface area contributed by atoms with Gasteiger partial charge in [0.2, 0.25) is 0 Å². The number of nitro benzene ring substituents is 1. The highest BCUT2D eigenvalue weighted by Crippen LogP contribution is 2.40. The van der Waals surface area contributed by atoms with E-state index in [2.05, 4.69) is 4.98 Å². The number of carboxylic acid groups (broad SMARTS) is 1. The zero-order chi connectivity index (χ0) is 16.6. The highest BCUT2D eigenvalue weighted by Gasteiger charge is 2.17. The fourth-order valence-electron chi connectivity index (χ4n) is 1.90. The number of rotatable bonds is 4. The normalized spacial score (nSPS) is 10.8. The van der Waals surface area contributed by atoms with E-state index in [-0.39, 0.29) is 16.3 Å². The summed E-state index contributed by atoms with van der Waals surface area (Å²) in [5.41, 5.74) is 0.567. The predicted octanol–water partition coefficient (Wildman–Crippen LogP) is 4.71. The van der Waals surface area contributed by atoms with E-state index in [4.69, 9.17) is 16.7 Å². The molecule has 0 saturated carbocycles. The summed E-state index contributed by atoms with van der Waals surface area (Å²) in [5.74, 6) is -1.02. The molecule has 1 heterocycles. The molecule has 2 aromatic carbocycles. The molecule has 0 fully saturated rings. The molecule has 0 aliphatic carbocycles. The Kier molecular flexibility index (Phi) is 4.20. The van der Waals surface area contributed by atoms with Crippen LogP contribution < -0.4 is 0 Å². The summed E-state index contributed by atoms with van der Waals surface area (Å²) in [6, 6.07) is 9.27. The third kappa shape index (κ3) is 3.14. The molecule has 3 rings (SSSR count). The first-order valence-electron chi connectivity index (χ1n) is 6.20. The molecule has 0 amide bonds. The number of aromatic carboxylic acids is 1. The quantitative estimate of drug-likeness (QED) is 0.531. The molecule has 9 heteroatoms. The lowest BCUT2D eigenvalue weighted by Crippen LogP contribution is -1.94. The van der Waals surface area contributed by atoms with Gasteiger partial charge in [-0.15, -0.1) is 11.3 Å². The molecule has 0 bridgehead atoms. The number of carbonyl (C=O) groups is 1. The highest BCUT2D eigenvalue weighted by atomic mass is 35.5. The highest BCUT2D eigenvalue weighted by molar-refractivity contribution is 8.01. The number of aromatic nitrogens is 1. The van der Waals surface area contributed by atoms with Crippen molar-refractivity contribution in [1.82, 2.24) is 4.98 Å². The van der Waals surface area contributed by atoms with E-state index in [9.17, 15) is 14.9 Å². The number of thiazole rings is 1. The average molecular weight is 367 g/mol. The van der Waals surface area contributed by atoms with Crippen molar-refractivity contribution >= 4 is 56.6 Å². The fourth-order valence-corrected chi connectivity index (χ4v) is 4.26. The Bertz CT molecular complexity index is 942. The molecule has 0 saturated heterocycles. The Labute approximate surface area is 142 Å². The van der Waals surface area contributed by atoms with E-state index in [1.165, 1.54) is 41.3 Å². The zero-order valence-corrected chi connectivity index (χ0v) is 13.6. The van der Waals surface area contributed by atoms with Gasteiger partial charge in [0, 0.05) is 11.0 Å². The van der Waals surface area contributed by atoms with Crippen LogP contribution in [0.5, 0.6) is 0 Å². The number of fused-ring (bicyclic) bond motifs is 1. The van der Waals surface area contributed by atoms with Crippen LogP contribution in [-0.2, 0) is 0 Å². The van der Waals surface area contributed by atoms with Gasteiger partial charge in [0.05, 0.1) is 20.7 Å². The third-order valence-electron chi connectivity index (χ3n) is 2.95. The van der Waals surface area contributed by atoms with Gasteiger partial charge in [0.1, 0.15) is 5.02 Å². The SMILES string of the molecule is O=C(O)c1ccc2sc(Sc3cccc([N+](=O)[O-])c3Cl)nc2c1. The maximum atomic E-state index is 11.0. The van der Waals surface area contributed by atoms with Crippen molar-refractivity contribution in [3.8, 4) is 0 Å². The number of halogens is 1. The Morgan fingerprint density at radius 3 is 2.83 bits per heavy atom. The largest absolute Gasteiger partial charge is 0.478 e. The molecule has 0 aliphatic heterocycles. The van der Waals surface area contributed by atoms with E-state index in [0.717, 1.165) is 4.70 Å². The summed E-state index contributed by atoms with van der Waals surface area (Å²) in [5, 5.41) is 20.0. The number of hydrogen-bond donors (Lipinski definition) is 1. The number of benzene rings is 2. The molecule has 3 aromatic rings. The number of hydrogen-bond acceptors (Lipinski definition) is 6. The number of carboxylic acids is 1. The lowest BCUT2D eigenvalue weighted by atomic mass is 10.2. The first-order valence-corrected chi connectivity index (χ1v) is 8.21. The van der Waals surface area contributed by atoms with Crippen molar-refractivity contribution < 1.29 is 14.8 Å². The van der Waals surface area contributed by atoms with Gasteiger partial charge >= 0.3 is 5.97 Å². The van der Waals surface area contributed by atoms with Crippen LogP contribution in [0.15, 0.2) is 45.6 Å². The minimum atomic E-state index is -1.02. The smallest absolute Gasteiger partial charge is 0.335 e. The standard InChI is InChI=1S/C14H7ClN2O4S2/c15-12-9(17(20)21)2-1-3-11(12)23-14-16-8-6-7(13(18)19)4-5-10(8)22-14/h1-6H,(H,18,19). The Balaban J connectivity index is 1.97. The lowest BCUT2D eigenvalue weighted by molar-refractivity contribution is -0.384. The minimum Gasteiger partial charge on any atom is -0.478 e. The van der Waals surface area contributed by atoms with Crippen molar-refractivity contribution in [3.63, 3.8) is 0 Å². The van der Waals surface area contributed by atoms with Crippen molar-refractivity contribution in [2.45, 2.75) is 9.24 Å². The van der Waals surface area contributed by atoms with E-state index < -0.39 is 10.9 Å². The molecule has 0 atom stereocenters. The van der Waals surface area contributed by atoms with Gasteiger partial charge in [-0.1, -0.05) is 29.4 Å². The first kappa shape index (κ1) is 15.7. The molecule has 23 heavy (non-hydrogen) atoms. The second kappa shape index (κ2) is 6.15. The molecule has 1 aromatic heterocycles. The predicted molar refractivity (Wildman–Crippen MR) is 88.8 cm³/mol. The van der Waals surface area contributed by atoms with Gasteiger partial charge in [0.25, 0.3) is 5.69 Å². The Morgan fingerprint density at radius 2 is 2.13 bits per heavy atom. The molecule has 0 unspecified atom stereocenters. The summed E-state index contributed by atoms with van der Waals surface area (Å²) in [4.78, 5) is 26.2. The van der Waals surface area contributed by atoms with E-state index in [1.54, 1.807) is 18.2 Å². The fraction of sp³-hybridized carbons (Fsp3) is 0. The third-order valence-corrected chi connectivity index (χ3v) is 5.62. The summed E-state index contributed by atoms with van der Waals surface area (Å²) < 4.78 is 1.46. The molecule has 0 radical (unpaired) electrons. The molecule has 6 nitrogen and oxygen atoms in total. The van der Waals surface area contributed by atoms with Crippen LogP contribution in [0, 0.1) is 10.1 Å². The van der Waals surface area contributed by atoms with Crippen molar-refractivity contribution in [1.29, 1.82) is 0 Å². The van der Waals surface area contributed by atoms with Crippen molar-refractivity contribution in [2.24, 2.45) is 0 Å². The summed E-state index contributed by atoms with van der Waals surface area (Å²) in [6.07, 6.45) is 0. The lowest BCUT2D eigenvalue weighted by Gasteiger charge is -2.01. The van der Waals surface area contributed by atoms with Crippen molar-refractivity contribution in [2.75, 3.05) is 0 Å². The molecular weight excluding hydrogens is 360 g/mol. The topological polar surface area (TPSA) is 93.3 Å². The van der Waals surface area contributed by atoms with Crippen LogP contribution in [0.1, 0.15) is 10.4 Å². The van der Waals surface area contributed by atoms with Crippen LogP contribution in [0.4, 0.5) is 5.69 Å². The van der Waals surface area contributed by atoms with Crippen LogP contribution in [-0.4, -0.2) is 21.0 Å². The maximum absolute atomic E-state index is 11.0. The number of nitrogens with zero attached hydrogens (tertiary/aromatic N) is 2. The second-order valence-electron chi connectivity index (χ2n) is 4.42. The van der Waals surface area contributed by atoms with Gasteiger partial charge in [-0.2, -0.15) is 0 Å². The van der Waals surface area contributed by atoms with E-state index in [0.29, 0.717) is 14.8 Å². The first-order chi connectivity index (χ1) is 11.0. The summed E-state index contributed by atoms with van der Waals surface area (Å²) in [7, 11) is 0. The molecule has 1 N–H and O–H groups in total. The molecule has 0 aliphatic rings. The Hall–Kier alpha value is -2.16. The molecule has 116 valence electrons. The molecular formula is C14H7ClN2O4S2. The van der Waals surface area contributed by atoms with Gasteiger partial charge in [-0.05, 0) is 24.3 Å². The maximum Gasteiger partial charge on any atom is 0.335 e. The second-order valence-corrected chi connectivity index (χ2v) is 7.11. The van der Waals surface area contributed by atoms with E-state index >= 15 is 0 Å². The molecule has 0 spiro atoms. The Morgan fingerprint density at radius 1 is 1.35 bits per heavy atom. The van der Waals surface area contributed by atoms with Gasteiger partial charge < -0.3 is 5.11 Å². The monoisotopic (exact) mass is 366 g/mol. The summed E-state index contributed by atoms with van der Waals surface area (Å²) >= 11 is 8.63. The minimum absolute atomic E-state index is 0.0629. The van der Waals surface area contributed by atoms with Crippen LogP contribution in [0.3, 0.4) is 0 Å². The summed E-state index contributed by atoms with van der Waals surface area (Å²) in [6.45, 7) is 0. The van der Waals surface area contributed by atoms with Crippen molar-refractivity contribution in [3.05, 3.63) is 57.1 Å². The average Bonchev–Trinajstić information content (AvgIpc) is 2.90. The zero-order valence-electron chi connectivity index (χ0n) is 11.2. The van der Waals surface area contributed by atoms with Gasteiger partial charge in [0.15, 0.2) is 4.34 Å². The van der Waals surface area contributed by atoms with E-state index in [1.807, 2.05) is 0 Å². The van der Waals surface area contributed by atoms with Gasteiger partial charge in [-0.3, -0.25) is 10.1 Å². The van der Waals surface area contributed by atoms with Crippen LogP contribution in [0.25, 0.3) is 10.2 Å². The van der Waals surface area contributed by atoms with Crippen LogP contribution in [0.2, 0.25) is 5.02 Å². The van der Waals surface area contributed by atoms with Gasteiger partial charge in [-0.25, -0.2) is 9.78 Å².